The number of hydrogen-bond acceptors (Lipinski definition) is 7. The average Bonchev–Trinajstić information content (AvgIpc) is 3.15. The van der Waals surface area contributed by atoms with E-state index in [1.54, 1.807) is 31.0 Å². The van der Waals surface area contributed by atoms with Crippen molar-refractivity contribution in [1.29, 1.82) is 0 Å². The number of aromatic nitrogens is 5. The van der Waals surface area contributed by atoms with E-state index < -0.39 is 0 Å². The molecule has 0 unspecified atom stereocenters. The lowest BCUT2D eigenvalue weighted by Crippen LogP contribution is -1.94. The minimum absolute atomic E-state index is 0.583. The Bertz CT molecular complexity index is 1920. The van der Waals surface area contributed by atoms with Crippen LogP contribution in [0.5, 0.6) is 0 Å². The van der Waals surface area contributed by atoms with Gasteiger partial charge in [-0.2, -0.15) is 0 Å². The Morgan fingerprint density at radius 3 is 1.20 bits per heavy atom. The summed E-state index contributed by atoms with van der Waals surface area (Å²) in [7, 11) is 0. The molecule has 0 bridgehead atoms. The third-order valence-corrected chi connectivity index (χ3v) is 7.42. The van der Waals surface area contributed by atoms with Crippen molar-refractivity contribution in [3.8, 4) is 44.9 Å². The molecule has 0 saturated carbocycles. The van der Waals surface area contributed by atoms with Crippen LogP contribution in [0.4, 0.5) is 11.4 Å². The van der Waals surface area contributed by atoms with Gasteiger partial charge in [-0.25, -0.2) is 4.98 Å². The molecule has 0 aliphatic carbocycles. The van der Waals surface area contributed by atoms with Crippen LogP contribution in [0.25, 0.3) is 44.9 Å². The molecule has 0 radical (unpaired) electrons. The second kappa shape index (κ2) is 13.4. The lowest BCUT2D eigenvalue weighted by molar-refractivity contribution is 0.987. The number of benzene rings is 4. The first kappa shape index (κ1) is 28.3. The Kier molecular flexibility index (Phi) is 8.28. The standard InChI is InChI=1S/C39H27N7/c1-5-34(6-2-30(1)32-9-13-36(14-10-32)42-25-28-17-21-40-22-18-28)38-27-44-39(46-45-38)35-7-3-31(4-8-35)33-11-15-37(16-12-33)43-26-29-19-23-41-24-20-29/h1-27H. The van der Waals surface area contributed by atoms with Crippen molar-refractivity contribution in [2.24, 2.45) is 9.98 Å². The van der Waals surface area contributed by atoms with E-state index in [1.807, 2.05) is 85.2 Å². The molecule has 7 aromatic rings. The molecule has 4 aromatic carbocycles. The average molecular weight is 594 g/mol. The fraction of sp³-hybridized carbons (Fsp3) is 0. The topological polar surface area (TPSA) is 89.2 Å². The quantitative estimate of drug-likeness (QED) is 0.164. The van der Waals surface area contributed by atoms with Gasteiger partial charge < -0.3 is 0 Å². The summed E-state index contributed by atoms with van der Waals surface area (Å²) >= 11 is 0. The van der Waals surface area contributed by atoms with Gasteiger partial charge in [-0.15, -0.1) is 10.2 Å². The van der Waals surface area contributed by atoms with Crippen molar-refractivity contribution < 1.29 is 0 Å². The van der Waals surface area contributed by atoms with Crippen molar-refractivity contribution in [3.05, 3.63) is 163 Å². The molecule has 46 heavy (non-hydrogen) atoms. The summed E-state index contributed by atoms with van der Waals surface area (Å²) in [5, 5.41) is 8.88. The smallest absolute Gasteiger partial charge is 0.181 e. The zero-order valence-corrected chi connectivity index (χ0v) is 24.7. The zero-order chi connectivity index (χ0) is 31.0. The largest absolute Gasteiger partial charge is 0.265 e. The Labute approximate surface area is 266 Å². The molecular weight excluding hydrogens is 566 g/mol. The van der Waals surface area contributed by atoms with Gasteiger partial charge in [0.05, 0.1) is 17.6 Å². The van der Waals surface area contributed by atoms with Gasteiger partial charge in [0.15, 0.2) is 5.82 Å². The highest BCUT2D eigenvalue weighted by molar-refractivity contribution is 5.82. The molecule has 0 N–H and O–H groups in total. The molecule has 3 aromatic heterocycles. The highest BCUT2D eigenvalue weighted by Gasteiger charge is 2.07. The molecule has 7 nitrogen and oxygen atoms in total. The van der Waals surface area contributed by atoms with Crippen LogP contribution < -0.4 is 0 Å². The first-order chi connectivity index (χ1) is 22.8. The molecule has 0 saturated heterocycles. The Hall–Kier alpha value is -6.47. The Morgan fingerprint density at radius 1 is 0.391 bits per heavy atom. The normalized spacial score (nSPS) is 11.3. The van der Waals surface area contributed by atoms with E-state index in [0.29, 0.717) is 5.82 Å². The third kappa shape index (κ3) is 6.85. The van der Waals surface area contributed by atoms with Crippen molar-refractivity contribution in [1.82, 2.24) is 25.1 Å². The summed E-state index contributed by atoms with van der Waals surface area (Å²) in [6.07, 6.45) is 12.5. The van der Waals surface area contributed by atoms with E-state index in [2.05, 4.69) is 83.7 Å². The maximum absolute atomic E-state index is 4.60. The van der Waals surface area contributed by atoms with Crippen molar-refractivity contribution in [3.63, 3.8) is 0 Å². The minimum Gasteiger partial charge on any atom is -0.265 e. The van der Waals surface area contributed by atoms with Gasteiger partial charge in [0.25, 0.3) is 0 Å². The molecule has 0 atom stereocenters. The summed E-state index contributed by atoms with van der Waals surface area (Å²) < 4.78 is 0. The Morgan fingerprint density at radius 2 is 0.783 bits per heavy atom. The number of hydrogen-bond donors (Lipinski definition) is 0. The summed E-state index contributed by atoms with van der Waals surface area (Å²) in [6, 6.07) is 40.5. The predicted molar refractivity (Wildman–Crippen MR) is 185 cm³/mol. The SMILES string of the molecule is C(=Nc1ccc(-c2ccc(-c3cnc(-c4ccc(-c5ccc(N=Cc6ccncc6)cc5)cc4)nn3)cc2)cc1)c1ccncc1. The second-order valence-electron chi connectivity index (χ2n) is 10.5. The van der Waals surface area contributed by atoms with Crippen LogP contribution in [0.2, 0.25) is 0 Å². The van der Waals surface area contributed by atoms with Gasteiger partial charge in [-0.1, -0.05) is 72.8 Å². The van der Waals surface area contributed by atoms with Gasteiger partial charge in [0.1, 0.15) is 5.69 Å². The van der Waals surface area contributed by atoms with Crippen molar-refractivity contribution in [2.45, 2.75) is 0 Å². The molecule has 0 aliphatic rings. The third-order valence-electron chi connectivity index (χ3n) is 7.42. The molecule has 7 rings (SSSR count). The van der Waals surface area contributed by atoms with Gasteiger partial charge in [-0.05, 0) is 81.9 Å². The minimum atomic E-state index is 0.583. The lowest BCUT2D eigenvalue weighted by atomic mass is 10.0. The van der Waals surface area contributed by atoms with Gasteiger partial charge in [-0.3, -0.25) is 20.0 Å². The summed E-state index contributed by atoms with van der Waals surface area (Å²) in [5.74, 6) is 0.583. The van der Waals surface area contributed by atoms with E-state index in [9.17, 15) is 0 Å². The first-order valence-electron chi connectivity index (χ1n) is 14.8. The first-order valence-corrected chi connectivity index (χ1v) is 14.8. The van der Waals surface area contributed by atoms with Crippen LogP contribution in [-0.4, -0.2) is 37.6 Å². The summed E-state index contributed by atoms with van der Waals surface area (Å²) in [6.45, 7) is 0. The van der Waals surface area contributed by atoms with E-state index >= 15 is 0 Å². The highest BCUT2D eigenvalue weighted by atomic mass is 15.2. The predicted octanol–water partition coefficient (Wildman–Crippen LogP) is 8.83. The van der Waals surface area contributed by atoms with E-state index in [0.717, 1.165) is 61.6 Å². The van der Waals surface area contributed by atoms with Crippen molar-refractivity contribution in [2.75, 3.05) is 0 Å². The van der Waals surface area contributed by atoms with Crippen LogP contribution in [0.15, 0.2) is 162 Å². The summed E-state index contributed by atoms with van der Waals surface area (Å²) in [5.41, 5.74) is 10.8. The fourth-order valence-corrected chi connectivity index (χ4v) is 4.86. The van der Waals surface area contributed by atoms with Crippen LogP contribution in [0, 0.1) is 0 Å². The van der Waals surface area contributed by atoms with E-state index in [1.165, 1.54) is 0 Å². The molecule has 0 amide bonds. The van der Waals surface area contributed by atoms with Crippen LogP contribution >= 0.6 is 0 Å². The van der Waals surface area contributed by atoms with E-state index in [4.69, 9.17) is 0 Å². The molecule has 0 fully saturated rings. The molecular formula is C39H27N7. The maximum Gasteiger partial charge on any atom is 0.181 e. The molecule has 218 valence electrons. The lowest BCUT2D eigenvalue weighted by Gasteiger charge is -2.06. The van der Waals surface area contributed by atoms with E-state index in [-0.39, 0.29) is 0 Å². The van der Waals surface area contributed by atoms with Gasteiger partial charge >= 0.3 is 0 Å². The monoisotopic (exact) mass is 593 g/mol. The van der Waals surface area contributed by atoms with Crippen LogP contribution in [-0.2, 0) is 0 Å². The number of aliphatic imine (C=N–C) groups is 2. The Balaban J connectivity index is 0.982. The highest BCUT2D eigenvalue weighted by Crippen LogP contribution is 2.27. The van der Waals surface area contributed by atoms with Crippen LogP contribution in [0.3, 0.4) is 0 Å². The molecule has 0 aliphatic heterocycles. The summed E-state index contributed by atoms with van der Waals surface area (Å²) in [4.78, 5) is 21.8. The number of rotatable bonds is 8. The van der Waals surface area contributed by atoms with Crippen molar-refractivity contribution >= 4 is 23.8 Å². The zero-order valence-electron chi connectivity index (χ0n) is 24.7. The van der Waals surface area contributed by atoms with Crippen LogP contribution in [0.1, 0.15) is 11.1 Å². The molecule has 3 heterocycles. The number of pyridine rings is 2. The fourth-order valence-electron chi connectivity index (χ4n) is 4.86. The molecule has 7 heteroatoms. The van der Waals surface area contributed by atoms with Gasteiger partial charge in [0.2, 0.25) is 0 Å². The molecule has 0 spiro atoms. The second-order valence-corrected chi connectivity index (χ2v) is 10.5. The number of nitrogens with zero attached hydrogens (tertiary/aromatic N) is 7. The van der Waals surface area contributed by atoms with Gasteiger partial charge in [0, 0.05) is 48.3 Å². The maximum atomic E-state index is 4.60.